The highest BCUT2D eigenvalue weighted by Crippen LogP contribution is 2.23. The van der Waals surface area contributed by atoms with Crippen molar-refractivity contribution < 1.29 is 9.18 Å². The Kier molecular flexibility index (Phi) is 4.01. The van der Waals surface area contributed by atoms with Crippen molar-refractivity contribution in [2.24, 2.45) is 0 Å². The number of nitrogens with one attached hydrogen (secondary N) is 1. The summed E-state index contributed by atoms with van der Waals surface area (Å²) in [5, 5.41) is 11.4. The van der Waals surface area contributed by atoms with Crippen LogP contribution in [0.25, 0.3) is 0 Å². The van der Waals surface area contributed by atoms with Crippen LogP contribution in [0.15, 0.2) is 40.9 Å². The van der Waals surface area contributed by atoms with Crippen molar-refractivity contribution in [1.29, 1.82) is 5.26 Å². The lowest BCUT2D eigenvalue weighted by Crippen LogP contribution is -2.14. The molecule has 1 amide bonds. The first-order valence-electron chi connectivity index (χ1n) is 5.58. The van der Waals surface area contributed by atoms with Crippen molar-refractivity contribution in [2.45, 2.75) is 0 Å². The SMILES string of the molecule is N#Cc1c(F)cccc1NC(=O)c1cc(N)ccc1Br. The average molecular weight is 334 g/mol. The highest BCUT2D eigenvalue weighted by Gasteiger charge is 2.14. The molecule has 0 fully saturated rings. The molecule has 0 unspecified atom stereocenters. The van der Waals surface area contributed by atoms with Crippen molar-refractivity contribution in [2.75, 3.05) is 11.1 Å². The van der Waals surface area contributed by atoms with E-state index in [4.69, 9.17) is 11.0 Å². The summed E-state index contributed by atoms with van der Waals surface area (Å²) >= 11 is 3.24. The summed E-state index contributed by atoms with van der Waals surface area (Å²) in [6.45, 7) is 0. The summed E-state index contributed by atoms with van der Waals surface area (Å²) in [4.78, 5) is 12.1. The largest absolute Gasteiger partial charge is 0.399 e. The Morgan fingerprint density at radius 2 is 2.10 bits per heavy atom. The first kappa shape index (κ1) is 14.0. The van der Waals surface area contributed by atoms with Crippen LogP contribution in [-0.2, 0) is 0 Å². The Bertz CT molecular complexity index is 725. The molecule has 0 atom stereocenters. The van der Waals surface area contributed by atoms with Gasteiger partial charge in [-0.3, -0.25) is 4.79 Å². The Morgan fingerprint density at radius 1 is 1.35 bits per heavy atom. The second kappa shape index (κ2) is 5.72. The molecular formula is C14H9BrFN3O. The van der Waals surface area contributed by atoms with Crippen LogP contribution >= 0.6 is 15.9 Å². The fraction of sp³-hybridized carbons (Fsp3) is 0. The molecule has 0 saturated carbocycles. The van der Waals surface area contributed by atoms with E-state index in [-0.39, 0.29) is 11.3 Å². The van der Waals surface area contributed by atoms with E-state index in [1.165, 1.54) is 18.2 Å². The normalized spacial score (nSPS) is 9.85. The first-order chi connectivity index (χ1) is 9.52. The van der Waals surface area contributed by atoms with Gasteiger partial charge < -0.3 is 11.1 Å². The fourth-order valence-electron chi connectivity index (χ4n) is 1.65. The van der Waals surface area contributed by atoms with Crippen LogP contribution < -0.4 is 11.1 Å². The summed E-state index contributed by atoms with van der Waals surface area (Å²) in [6, 6.07) is 10.5. The fourth-order valence-corrected chi connectivity index (χ4v) is 2.08. The minimum Gasteiger partial charge on any atom is -0.399 e. The quantitative estimate of drug-likeness (QED) is 0.827. The molecule has 3 N–H and O–H groups in total. The summed E-state index contributed by atoms with van der Waals surface area (Å²) in [5.74, 6) is -1.16. The van der Waals surface area contributed by atoms with E-state index in [9.17, 15) is 9.18 Å². The van der Waals surface area contributed by atoms with Crippen molar-refractivity contribution in [1.82, 2.24) is 0 Å². The minimum absolute atomic E-state index is 0.117. The van der Waals surface area contributed by atoms with Crippen LogP contribution in [0.2, 0.25) is 0 Å². The van der Waals surface area contributed by atoms with Crippen molar-refractivity contribution >= 4 is 33.2 Å². The molecule has 0 aliphatic carbocycles. The maximum Gasteiger partial charge on any atom is 0.256 e. The number of carbonyl (C=O) groups excluding carboxylic acids is 1. The Labute approximate surface area is 123 Å². The predicted octanol–water partition coefficient (Wildman–Crippen LogP) is 3.29. The van der Waals surface area contributed by atoms with E-state index in [1.807, 2.05) is 0 Å². The van der Waals surface area contributed by atoms with Crippen LogP contribution in [0.3, 0.4) is 0 Å². The number of nitrogen functional groups attached to an aromatic ring is 1. The van der Waals surface area contributed by atoms with Gasteiger partial charge in [-0.05, 0) is 46.3 Å². The zero-order valence-corrected chi connectivity index (χ0v) is 11.7. The number of nitrogens with zero attached hydrogens (tertiary/aromatic N) is 1. The topological polar surface area (TPSA) is 78.9 Å². The van der Waals surface area contributed by atoms with Gasteiger partial charge in [0.1, 0.15) is 17.4 Å². The Hall–Kier alpha value is -2.39. The van der Waals surface area contributed by atoms with E-state index in [0.29, 0.717) is 15.7 Å². The van der Waals surface area contributed by atoms with Gasteiger partial charge in [-0.15, -0.1) is 0 Å². The van der Waals surface area contributed by atoms with E-state index in [1.54, 1.807) is 18.2 Å². The van der Waals surface area contributed by atoms with Gasteiger partial charge in [0.15, 0.2) is 0 Å². The van der Waals surface area contributed by atoms with Gasteiger partial charge in [0.05, 0.1) is 11.3 Å². The van der Waals surface area contributed by atoms with Crippen molar-refractivity contribution in [3.05, 3.63) is 57.8 Å². The number of benzene rings is 2. The van der Waals surface area contributed by atoms with Gasteiger partial charge in [-0.2, -0.15) is 5.26 Å². The maximum absolute atomic E-state index is 13.4. The average Bonchev–Trinajstić information content (AvgIpc) is 2.41. The zero-order valence-electron chi connectivity index (χ0n) is 10.2. The molecule has 0 aliphatic heterocycles. The Balaban J connectivity index is 2.36. The number of hydrogen-bond acceptors (Lipinski definition) is 3. The van der Waals surface area contributed by atoms with Gasteiger partial charge in [0.2, 0.25) is 0 Å². The standard InChI is InChI=1S/C14H9BrFN3O/c15-11-5-4-8(18)6-9(11)14(20)19-13-3-1-2-12(16)10(13)7-17/h1-6H,18H2,(H,19,20). The third-order valence-corrected chi connectivity index (χ3v) is 3.30. The number of rotatable bonds is 2. The predicted molar refractivity (Wildman–Crippen MR) is 77.6 cm³/mol. The molecule has 6 heteroatoms. The molecule has 0 aliphatic rings. The lowest BCUT2D eigenvalue weighted by Gasteiger charge is -2.09. The van der Waals surface area contributed by atoms with Gasteiger partial charge in [0.25, 0.3) is 5.91 Å². The summed E-state index contributed by atoms with van der Waals surface area (Å²) < 4.78 is 14.0. The molecule has 0 radical (unpaired) electrons. The van der Waals surface area contributed by atoms with Crippen LogP contribution in [-0.4, -0.2) is 5.91 Å². The van der Waals surface area contributed by atoms with E-state index >= 15 is 0 Å². The van der Waals surface area contributed by atoms with Gasteiger partial charge in [0, 0.05) is 10.2 Å². The molecule has 0 aromatic heterocycles. The van der Waals surface area contributed by atoms with Crippen LogP contribution in [0.5, 0.6) is 0 Å². The highest BCUT2D eigenvalue weighted by molar-refractivity contribution is 9.10. The Morgan fingerprint density at radius 3 is 2.80 bits per heavy atom. The maximum atomic E-state index is 13.4. The third kappa shape index (κ3) is 2.78. The van der Waals surface area contributed by atoms with E-state index in [2.05, 4.69) is 21.2 Å². The number of anilines is 2. The van der Waals surface area contributed by atoms with E-state index in [0.717, 1.165) is 6.07 Å². The van der Waals surface area contributed by atoms with Gasteiger partial charge >= 0.3 is 0 Å². The summed E-state index contributed by atoms with van der Waals surface area (Å²) in [6.07, 6.45) is 0. The number of halogens is 2. The van der Waals surface area contributed by atoms with Crippen LogP contribution in [0, 0.1) is 17.1 Å². The number of amides is 1. The van der Waals surface area contributed by atoms with Crippen LogP contribution in [0.4, 0.5) is 15.8 Å². The first-order valence-corrected chi connectivity index (χ1v) is 6.37. The molecule has 0 saturated heterocycles. The monoisotopic (exact) mass is 333 g/mol. The molecule has 0 spiro atoms. The summed E-state index contributed by atoms with van der Waals surface area (Å²) in [5.41, 5.74) is 6.27. The van der Waals surface area contributed by atoms with Crippen LogP contribution in [0.1, 0.15) is 15.9 Å². The molecule has 20 heavy (non-hydrogen) atoms. The third-order valence-electron chi connectivity index (χ3n) is 2.61. The number of nitriles is 1. The lowest BCUT2D eigenvalue weighted by molar-refractivity contribution is 0.102. The van der Waals surface area contributed by atoms with Gasteiger partial charge in [-0.25, -0.2) is 4.39 Å². The number of nitrogens with two attached hydrogens (primary N) is 1. The second-order valence-corrected chi connectivity index (χ2v) is 4.82. The minimum atomic E-state index is -0.683. The lowest BCUT2D eigenvalue weighted by atomic mass is 10.1. The number of hydrogen-bond donors (Lipinski definition) is 2. The van der Waals surface area contributed by atoms with Crippen molar-refractivity contribution in [3.8, 4) is 6.07 Å². The molecular weight excluding hydrogens is 325 g/mol. The highest BCUT2D eigenvalue weighted by atomic mass is 79.9. The molecule has 2 rings (SSSR count). The smallest absolute Gasteiger partial charge is 0.256 e. The molecule has 0 bridgehead atoms. The molecule has 4 nitrogen and oxygen atoms in total. The molecule has 2 aromatic carbocycles. The zero-order chi connectivity index (χ0) is 14.7. The second-order valence-electron chi connectivity index (χ2n) is 3.97. The summed E-state index contributed by atoms with van der Waals surface area (Å²) in [7, 11) is 0. The van der Waals surface area contributed by atoms with Crippen molar-refractivity contribution in [3.63, 3.8) is 0 Å². The molecule has 2 aromatic rings. The van der Waals surface area contributed by atoms with E-state index < -0.39 is 11.7 Å². The van der Waals surface area contributed by atoms with Gasteiger partial charge in [-0.1, -0.05) is 6.07 Å². The molecule has 0 heterocycles. The number of carbonyl (C=O) groups is 1. The molecule has 100 valence electrons.